The fourth-order valence-corrected chi connectivity index (χ4v) is 2.85. The maximum absolute atomic E-state index is 13.0. The van der Waals surface area contributed by atoms with Crippen molar-refractivity contribution < 1.29 is 9.53 Å². The molecule has 0 bridgehead atoms. The van der Waals surface area contributed by atoms with Crippen LogP contribution in [0.1, 0.15) is 10.4 Å². The summed E-state index contributed by atoms with van der Waals surface area (Å²) in [7, 11) is 0. The van der Waals surface area contributed by atoms with Crippen molar-refractivity contribution in [3.8, 4) is 11.4 Å². The van der Waals surface area contributed by atoms with Gasteiger partial charge in [-0.25, -0.2) is 15.0 Å². The molecule has 136 valence electrons. The highest BCUT2D eigenvalue weighted by molar-refractivity contribution is 5.99. The second-order valence-electron chi connectivity index (χ2n) is 6.07. The van der Waals surface area contributed by atoms with E-state index in [0.29, 0.717) is 49.3 Å². The molecule has 0 aliphatic carbocycles. The molecule has 7 heteroatoms. The van der Waals surface area contributed by atoms with Crippen molar-refractivity contribution in [3.05, 3.63) is 66.5 Å². The fourth-order valence-electron chi connectivity index (χ4n) is 2.85. The summed E-state index contributed by atoms with van der Waals surface area (Å²) < 4.78 is 5.34. The summed E-state index contributed by atoms with van der Waals surface area (Å²) >= 11 is 0. The van der Waals surface area contributed by atoms with E-state index in [-0.39, 0.29) is 5.91 Å². The summed E-state index contributed by atoms with van der Waals surface area (Å²) in [4.78, 5) is 28.0. The molecule has 0 unspecified atom stereocenters. The number of rotatable bonds is 4. The van der Waals surface area contributed by atoms with E-state index >= 15 is 0 Å². The van der Waals surface area contributed by atoms with Crippen LogP contribution in [0, 0.1) is 0 Å². The Labute approximate surface area is 157 Å². The van der Waals surface area contributed by atoms with Gasteiger partial charge < -0.3 is 15.0 Å². The molecule has 1 saturated heterocycles. The normalized spacial score (nSPS) is 14.0. The van der Waals surface area contributed by atoms with Crippen LogP contribution in [0.5, 0.6) is 0 Å². The molecule has 0 spiro atoms. The SMILES string of the molecule is O=C(c1cnc(-c2ccccc2)nc1Nc1ccccn1)N1CCOCC1. The number of aromatic nitrogens is 3. The molecule has 27 heavy (non-hydrogen) atoms. The number of carbonyl (C=O) groups is 1. The smallest absolute Gasteiger partial charge is 0.259 e. The third-order valence-corrected chi connectivity index (χ3v) is 4.26. The number of hydrogen-bond acceptors (Lipinski definition) is 6. The Bertz CT molecular complexity index is 912. The van der Waals surface area contributed by atoms with E-state index in [0.717, 1.165) is 5.56 Å². The van der Waals surface area contributed by atoms with Gasteiger partial charge in [0, 0.05) is 31.0 Å². The number of nitrogens with one attached hydrogen (secondary N) is 1. The van der Waals surface area contributed by atoms with Crippen LogP contribution in [-0.2, 0) is 4.74 Å². The number of carbonyl (C=O) groups excluding carboxylic acids is 1. The fraction of sp³-hybridized carbons (Fsp3) is 0.200. The zero-order valence-corrected chi connectivity index (χ0v) is 14.7. The molecule has 1 aliphatic rings. The second kappa shape index (κ2) is 7.92. The average Bonchev–Trinajstić information content (AvgIpc) is 2.75. The Morgan fingerprint density at radius 3 is 2.52 bits per heavy atom. The Balaban J connectivity index is 1.71. The van der Waals surface area contributed by atoms with Gasteiger partial charge in [-0.05, 0) is 12.1 Å². The lowest BCUT2D eigenvalue weighted by atomic mass is 10.2. The van der Waals surface area contributed by atoms with Crippen LogP contribution < -0.4 is 5.32 Å². The lowest BCUT2D eigenvalue weighted by Crippen LogP contribution is -2.41. The lowest BCUT2D eigenvalue weighted by Gasteiger charge is -2.27. The molecule has 1 fully saturated rings. The van der Waals surface area contributed by atoms with Gasteiger partial charge in [0.05, 0.1) is 13.2 Å². The molecule has 1 aliphatic heterocycles. The highest BCUT2D eigenvalue weighted by atomic mass is 16.5. The second-order valence-corrected chi connectivity index (χ2v) is 6.07. The highest BCUT2D eigenvalue weighted by Crippen LogP contribution is 2.23. The Hall–Kier alpha value is -3.32. The Morgan fingerprint density at radius 1 is 1.00 bits per heavy atom. The van der Waals surface area contributed by atoms with Crippen molar-refractivity contribution in [2.45, 2.75) is 0 Å². The van der Waals surface area contributed by atoms with Gasteiger partial charge in [-0.1, -0.05) is 36.4 Å². The number of amides is 1. The van der Waals surface area contributed by atoms with E-state index in [4.69, 9.17) is 4.74 Å². The Morgan fingerprint density at radius 2 is 1.78 bits per heavy atom. The number of hydrogen-bond donors (Lipinski definition) is 1. The average molecular weight is 361 g/mol. The molecule has 7 nitrogen and oxygen atoms in total. The largest absolute Gasteiger partial charge is 0.378 e. The summed E-state index contributed by atoms with van der Waals surface area (Å²) in [5.41, 5.74) is 1.30. The summed E-state index contributed by atoms with van der Waals surface area (Å²) in [5, 5.41) is 3.16. The van der Waals surface area contributed by atoms with Crippen molar-refractivity contribution in [3.63, 3.8) is 0 Å². The van der Waals surface area contributed by atoms with Gasteiger partial charge in [0.2, 0.25) is 0 Å². The van der Waals surface area contributed by atoms with Gasteiger partial charge >= 0.3 is 0 Å². The minimum Gasteiger partial charge on any atom is -0.378 e. The number of nitrogens with zero attached hydrogens (tertiary/aromatic N) is 4. The monoisotopic (exact) mass is 361 g/mol. The third-order valence-electron chi connectivity index (χ3n) is 4.26. The van der Waals surface area contributed by atoms with E-state index in [1.807, 2.05) is 48.5 Å². The van der Waals surface area contributed by atoms with Crippen molar-refractivity contribution in [1.29, 1.82) is 0 Å². The van der Waals surface area contributed by atoms with Crippen LogP contribution in [0.3, 0.4) is 0 Å². The van der Waals surface area contributed by atoms with Crippen LogP contribution in [-0.4, -0.2) is 52.1 Å². The van der Waals surface area contributed by atoms with Crippen molar-refractivity contribution in [2.24, 2.45) is 0 Å². The zero-order valence-electron chi connectivity index (χ0n) is 14.7. The Kier molecular flexibility index (Phi) is 5.02. The van der Waals surface area contributed by atoms with Crippen molar-refractivity contribution >= 4 is 17.5 Å². The summed E-state index contributed by atoms with van der Waals surface area (Å²) in [6.07, 6.45) is 3.27. The molecule has 1 aromatic carbocycles. The molecule has 1 amide bonds. The van der Waals surface area contributed by atoms with Gasteiger partial charge in [-0.2, -0.15) is 0 Å². The molecular formula is C20H19N5O2. The number of ether oxygens (including phenoxy) is 1. The van der Waals surface area contributed by atoms with Gasteiger partial charge in [-0.15, -0.1) is 0 Å². The predicted molar refractivity (Wildman–Crippen MR) is 102 cm³/mol. The maximum atomic E-state index is 13.0. The van der Waals surface area contributed by atoms with Crippen LogP contribution in [0.15, 0.2) is 60.9 Å². The molecule has 4 rings (SSSR count). The minimum atomic E-state index is -0.114. The standard InChI is InChI=1S/C20H19N5O2/c26-20(25-10-12-27-13-11-25)16-14-22-18(15-6-2-1-3-7-15)24-19(16)23-17-8-4-5-9-21-17/h1-9,14H,10-13H2,(H,21,22,23,24). The third kappa shape index (κ3) is 3.93. The maximum Gasteiger partial charge on any atom is 0.259 e. The molecule has 0 saturated carbocycles. The first-order valence-electron chi connectivity index (χ1n) is 8.79. The minimum absolute atomic E-state index is 0.114. The van der Waals surface area contributed by atoms with E-state index in [1.54, 1.807) is 17.3 Å². The molecule has 0 radical (unpaired) electrons. The zero-order chi connectivity index (χ0) is 18.5. The van der Waals surface area contributed by atoms with Gasteiger partial charge in [0.15, 0.2) is 5.82 Å². The number of anilines is 2. The number of pyridine rings is 1. The van der Waals surface area contributed by atoms with Crippen LogP contribution >= 0.6 is 0 Å². The number of benzene rings is 1. The van der Waals surface area contributed by atoms with Gasteiger partial charge in [0.1, 0.15) is 17.2 Å². The van der Waals surface area contributed by atoms with Crippen molar-refractivity contribution in [1.82, 2.24) is 19.9 Å². The molecule has 3 aromatic rings. The topological polar surface area (TPSA) is 80.2 Å². The van der Waals surface area contributed by atoms with Crippen molar-refractivity contribution in [2.75, 3.05) is 31.6 Å². The first kappa shape index (κ1) is 17.1. The highest BCUT2D eigenvalue weighted by Gasteiger charge is 2.23. The molecule has 0 atom stereocenters. The predicted octanol–water partition coefficient (Wildman–Crippen LogP) is 2.75. The van der Waals surface area contributed by atoms with Crippen LogP contribution in [0.2, 0.25) is 0 Å². The quantitative estimate of drug-likeness (QED) is 0.770. The molecule has 3 heterocycles. The summed E-state index contributed by atoms with van der Waals surface area (Å²) in [6.45, 7) is 2.19. The number of morpholine rings is 1. The molecule has 2 aromatic heterocycles. The van der Waals surface area contributed by atoms with Gasteiger partial charge in [-0.3, -0.25) is 4.79 Å². The van der Waals surface area contributed by atoms with Gasteiger partial charge in [0.25, 0.3) is 5.91 Å². The van der Waals surface area contributed by atoms with E-state index in [2.05, 4.69) is 20.3 Å². The molecule has 1 N–H and O–H groups in total. The first-order valence-corrected chi connectivity index (χ1v) is 8.79. The first-order chi connectivity index (χ1) is 13.3. The van der Waals surface area contributed by atoms with E-state index in [9.17, 15) is 4.79 Å². The summed E-state index contributed by atoms with van der Waals surface area (Å²) in [6, 6.07) is 15.2. The summed E-state index contributed by atoms with van der Waals surface area (Å²) in [5.74, 6) is 1.49. The van der Waals surface area contributed by atoms with E-state index < -0.39 is 0 Å². The molecular weight excluding hydrogens is 342 g/mol. The van der Waals surface area contributed by atoms with E-state index in [1.165, 1.54) is 0 Å². The lowest BCUT2D eigenvalue weighted by molar-refractivity contribution is 0.0303. The van der Waals surface area contributed by atoms with Crippen LogP contribution in [0.25, 0.3) is 11.4 Å². The van der Waals surface area contributed by atoms with Crippen LogP contribution in [0.4, 0.5) is 11.6 Å².